The van der Waals surface area contributed by atoms with Crippen LogP contribution in [0.2, 0.25) is 0 Å². The van der Waals surface area contributed by atoms with Gasteiger partial charge in [-0.2, -0.15) is 0 Å². The van der Waals surface area contributed by atoms with Gasteiger partial charge in [-0.05, 0) is 26.2 Å². The van der Waals surface area contributed by atoms with Crippen molar-refractivity contribution in [2.45, 2.75) is 45.6 Å². The Morgan fingerprint density at radius 2 is 2.00 bits per heavy atom. The minimum Gasteiger partial charge on any atom is -0.396 e. The first-order valence-electron chi connectivity index (χ1n) is 4.83. The second kappa shape index (κ2) is 3.35. The molecule has 0 aromatic heterocycles. The van der Waals surface area contributed by atoms with E-state index >= 15 is 0 Å². The molecule has 12 heavy (non-hydrogen) atoms. The average molecular weight is 171 g/mol. The highest BCUT2D eigenvalue weighted by atomic mass is 16.3. The molecule has 0 spiro atoms. The molecule has 2 heteroatoms. The molecule has 0 aliphatic heterocycles. The normalized spacial score (nSPS) is 22.0. The topological polar surface area (TPSA) is 32.3 Å². The largest absolute Gasteiger partial charge is 0.396 e. The summed E-state index contributed by atoms with van der Waals surface area (Å²) in [6.07, 6.45) is 3.92. The molecule has 0 amide bonds. The summed E-state index contributed by atoms with van der Waals surface area (Å²) in [5, 5.41) is 12.6. The van der Waals surface area contributed by atoms with Crippen LogP contribution in [-0.2, 0) is 0 Å². The Morgan fingerprint density at radius 3 is 2.33 bits per heavy atom. The molecular weight excluding hydrogens is 150 g/mol. The van der Waals surface area contributed by atoms with E-state index < -0.39 is 0 Å². The van der Waals surface area contributed by atoms with Crippen molar-refractivity contribution in [1.82, 2.24) is 5.32 Å². The van der Waals surface area contributed by atoms with Crippen LogP contribution in [0.5, 0.6) is 0 Å². The molecule has 1 fully saturated rings. The fourth-order valence-corrected chi connectivity index (χ4v) is 1.39. The summed E-state index contributed by atoms with van der Waals surface area (Å²) < 4.78 is 0. The summed E-state index contributed by atoms with van der Waals surface area (Å²) in [5.41, 5.74) is 0.394. The Bertz CT molecular complexity index is 138. The molecule has 0 aromatic rings. The van der Waals surface area contributed by atoms with E-state index in [9.17, 15) is 0 Å². The molecular formula is C10H21NO. The summed E-state index contributed by atoms with van der Waals surface area (Å²) >= 11 is 0. The maximum atomic E-state index is 9.04. The maximum Gasteiger partial charge on any atom is 0.0494 e. The van der Waals surface area contributed by atoms with Crippen LogP contribution in [0, 0.1) is 5.41 Å². The lowest BCUT2D eigenvalue weighted by Gasteiger charge is -2.41. The molecule has 0 atom stereocenters. The molecule has 72 valence electrons. The van der Waals surface area contributed by atoms with Crippen LogP contribution in [-0.4, -0.2) is 23.8 Å². The van der Waals surface area contributed by atoms with E-state index in [0.29, 0.717) is 5.54 Å². The van der Waals surface area contributed by atoms with Crippen molar-refractivity contribution < 1.29 is 5.11 Å². The van der Waals surface area contributed by atoms with Crippen molar-refractivity contribution in [2.75, 3.05) is 13.2 Å². The Kier molecular flexibility index (Phi) is 2.79. The van der Waals surface area contributed by atoms with Gasteiger partial charge in [-0.3, -0.25) is 0 Å². The van der Waals surface area contributed by atoms with Gasteiger partial charge in [0.1, 0.15) is 0 Å². The number of hydrogen-bond donors (Lipinski definition) is 2. The number of aliphatic hydroxyl groups is 1. The van der Waals surface area contributed by atoms with E-state index in [1.165, 1.54) is 19.3 Å². The zero-order valence-corrected chi connectivity index (χ0v) is 8.48. The molecule has 1 aliphatic carbocycles. The third kappa shape index (κ3) is 2.46. The first-order chi connectivity index (χ1) is 5.47. The molecule has 2 nitrogen and oxygen atoms in total. The van der Waals surface area contributed by atoms with E-state index in [1.54, 1.807) is 0 Å². The van der Waals surface area contributed by atoms with Gasteiger partial charge in [-0.15, -0.1) is 0 Å². The summed E-state index contributed by atoms with van der Waals surface area (Å²) in [6.45, 7) is 7.62. The third-order valence-electron chi connectivity index (χ3n) is 2.88. The molecule has 0 radical (unpaired) electrons. The van der Waals surface area contributed by atoms with Crippen LogP contribution < -0.4 is 5.32 Å². The molecule has 1 aliphatic rings. The van der Waals surface area contributed by atoms with Crippen molar-refractivity contribution in [3.05, 3.63) is 0 Å². The van der Waals surface area contributed by atoms with Crippen LogP contribution in [0.3, 0.4) is 0 Å². The number of nitrogens with one attached hydrogen (secondary N) is 1. The van der Waals surface area contributed by atoms with Crippen LogP contribution in [0.25, 0.3) is 0 Å². The standard InChI is InChI=1S/C10H21NO/c1-9(2,8-12)7-11-10(3)5-4-6-10/h11-12H,4-8H2,1-3H3. The molecule has 0 aromatic carbocycles. The maximum absolute atomic E-state index is 9.04. The fourth-order valence-electron chi connectivity index (χ4n) is 1.39. The summed E-state index contributed by atoms with van der Waals surface area (Å²) in [6, 6.07) is 0. The van der Waals surface area contributed by atoms with Crippen LogP contribution in [0.4, 0.5) is 0 Å². The first-order valence-corrected chi connectivity index (χ1v) is 4.83. The van der Waals surface area contributed by atoms with E-state index in [0.717, 1.165) is 6.54 Å². The smallest absolute Gasteiger partial charge is 0.0494 e. The second-order valence-electron chi connectivity index (χ2n) is 5.09. The van der Waals surface area contributed by atoms with Gasteiger partial charge in [0.2, 0.25) is 0 Å². The predicted molar refractivity (Wildman–Crippen MR) is 51.1 cm³/mol. The van der Waals surface area contributed by atoms with Crippen LogP contribution in [0.1, 0.15) is 40.0 Å². The lowest BCUT2D eigenvalue weighted by molar-refractivity contribution is 0.123. The number of aliphatic hydroxyl groups excluding tert-OH is 1. The predicted octanol–water partition coefficient (Wildman–Crippen LogP) is 1.54. The lowest BCUT2D eigenvalue weighted by atomic mass is 9.77. The van der Waals surface area contributed by atoms with Crippen molar-refractivity contribution in [3.8, 4) is 0 Å². The monoisotopic (exact) mass is 171 g/mol. The first kappa shape index (κ1) is 10.0. The summed E-state index contributed by atoms with van der Waals surface area (Å²) in [7, 11) is 0. The van der Waals surface area contributed by atoms with Crippen LogP contribution in [0.15, 0.2) is 0 Å². The highest BCUT2D eigenvalue weighted by Crippen LogP contribution is 2.31. The molecule has 1 saturated carbocycles. The quantitative estimate of drug-likeness (QED) is 0.672. The molecule has 0 bridgehead atoms. The minimum atomic E-state index is 0.0264. The van der Waals surface area contributed by atoms with Crippen LogP contribution >= 0.6 is 0 Å². The van der Waals surface area contributed by atoms with Crippen molar-refractivity contribution in [1.29, 1.82) is 0 Å². The second-order valence-corrected chi connectivity index (χ2v) is 5.09. The molecule has 0 saturated heterocycles. The number of rotatable bonds is 4. The zero-order valence-electron chi connectivity index (χ0n) is 8.48. The Morgan fingerprint density at radius 1 is 1.42 bits per heavy atom. The van der Waals surface area contributed by atoms with Gasteiger partial charge in [0, 0.05) is 24.1 Å². The van der Waals surface area contributed by atoms with E-state index in [2.05, 4.69) is 26.1 Å². The van der Waals surface area contributed by atoms with E-state index in [4.69, 9.17) is 5.11 Å². The summed E-state index contributed by atoms with van der Waals surface area (Å²) in [4.78, 5) is 0. The lowest BCUT2D eigenvalue weighted by Crippen LogP contribution is -2.51. The van der Waals surface area contributed by atoms with Crippen molar-refractivity contribution in [2.24, 2.45) is 5.41 Å². The third-order valence-corrected chi connectivity index (χ3v) is 2.88. The van der Waals surface area contributed by atoms with Gasteiger partial charge in [0.25, 0.3) is 0 Å². The highest BCUT2D eigenvalue weighted by Gasteiger charge is 2.32. The molecule has 0 unspecified atom stereocenters. The van der Waals surface area contributed by atoms with Gasteiger partial charge in [0.15, 0.2) is 0 Å². The van der Waals surface area contributed by atoms with Gasteiger partial charge < -0.3 is 10.4 Å². The summed E-state index contributed by atoms with van der Waals surface area (Å²) in [5.74, 6) is 0. The van der Waals surface area contributed by atoms with E-state index in [-0.39, 0.29) is 12.0 Å². The highest BCUT2D eigenvalue weighted by molar-refractivity contribution is 4.92. The zero-order chi connectivity index (χ0) is 9.24. The van der Waals surface area contributed by atoms with Gasteiger partial charge in [0.05, 0.1) is 0 Å². The van der Waals surface area contributed by atoms with E-state index in [1.807, 2.05) is 0 Å². The SMILES string of the molecule is CC(C)(CO)CNC1(C)CCC1. The Balaban J connectivity index is 2.24. The number of hydrogen-bond acceptors (Lipinski definition) is 2. The minimum absolute atomic E-state index is 0.0264. The van der Waals surface area contributed by atoms with Gasteiger partial charge in [-0.25, -0.2) is 0 Å². The fraction of sp³-hybridized carbons (Fsp3) is 1.00. The van der Waals surface area contributed by atoms with Crippen molar-refractivity contribution in [3.63, 3.8) is 0 Å². The van der Waals surface area contributed by atoms with Gasteiger partial charge in [-0.1, -0.05) is 13.8 Å². The molecule has 2 N–H and O–H groups in total. The van der Waals surface area contributed by atoms with Crippen molar-refractivity contribution >= 4 is 0 Å². The average Bonchev–Trinajstić information content (AvgIpc) is 1.98. The van der Waals surface area contributed by atoms with Gasteiger partial charge >= 0.3 is 0 Å². The molecule has 0 heterocycles. The molecule has 1 rings (SSSR count). The Labute approximate surface area is 75.4 Å². The Hall–Kier alpha value is -0.0800.